The lowest BCUT2D eigenvalue weighted by Crippen LogP contribution is -2.28. The zero-order chi connectivity index (χ0) is 15.2. The van der Waals surface area contributed by atoms with Crippen LogP contribution in [0.5, 0.6) is 0 Å². The zero-order valence-corrected chi connectivity index (χ0v) is 14.5. The number of aryl methyl sites for hydroxylation is 1. The van der Waals surface area contributed by atoms with Crippen LogP contribution in [0.25, 0.3) is 0 Å². The van der Waals surface area contributed by atoms with Crippen molar-refractivity contribution in [3.05, 3.63) is 34.3 Å². The first-order valence-corrected chi connectivity index (χ1v) is 8.96. The maximum atomic E-state index is 6.31. The average Bonchev–Trinajstić information content (AvgIpc) is 2.50. The predicted molar refractivity (Wildman–Crippen MR) is 93.0 cm³/mol. The lowest BCUT2D eigenvalue weighted by atomic mass is 9.75. The van der Waals surface area contributed by atoms with Gasteiger partial charge in [0, 0.05) is 11.1 Å². The molecule has 1 saturated carbocycles. The van der Waals surface area contributed by atoms with Crippen LogP contribution in [0.3, 0.4) is 0 Å². The number of nitrogens with one attached hydrogen (secondary N) is 1. The summed E-state index contributed by atoms with van der Waals surface area (Å²) < 4.78 is 0. The number of benzene rings is 1. The number of rotatable bonds is 6. The van der Waals surface area contributed by atoms with E-state index in [4.69, 9.17) is 11.6 Å². The molecule has 0 aliphatic heterocycles. The second kappa shape index (κ2) is 8.19. The van der Waals surface area contributed by atoms with Crippen molar-refractivity contribution in [3.63, 3.8) is 0 Å². The number of unbranched alkanes of at least 4 members (excludes halogenated alkanes) is 1. The van der Waals surface area contributed by atoms with Gasteiger partial charge in [-0.15, -0.1) is 0 Å². The van der Waals surface area contributed by atoms with E-state index in [2.05, 4.69) is 44.4 Å². The second-order valence-electron chi connectivity index (χ2n) is 6.70. The molecule has 1 aromatic carbocycles. The highest BCUT2D eigenvalue weighted by Gasteiger charge is 2.27. The van der Waals surface area contributed by atoms with Gasteiger partial charge in [-0.2, -0.15) is 0 Å². The molecular formula is C19H30ClN. The first kappa shape index (κ1) is 16.8. The van der Waals surface area contributed by atoms with Gasteiger partial charge >= 0.3 is 0 Å². The van der Waals surface area contributed by atoms with E-state index in [1.165, 1.54) is 56.1 Å². The van der Waals surface area contributed by atoms with Crippen molar-refractivity contribution < 1.29 is 0 Å². The summed E-state index contributed by atoms with van der Waals surface area (Å²) >= 11 is 6.31. The summed E-state index contributed by atoms with van der Waals surface area (Å²) in [6, 6.07) is 7.00. The molecule has 0 saturated heterocycles. The van der Waals surface area contributed by atoms with Crippen molar-refractivity contribution in [3.8, 4) is 0 Å². The minimum absolute atomic E-state index is 0.454. The maximum absolute atomic E-state index is 6.31. The zero-order valence-electron chi connectivity index (χ0n) is 13.8. The Hall–Kier alpha value is -0.530. The van der Waals surface area contributed by atoms with Crippen LogP contribution in [0.1, 0.15) is 69.0 Å². The molecule has 2 heteroatoms. The second-order valence-corrected chi connectivity index (χ2v) is 7.11. The van der Waals surface area contributed by atoms with Crippen LogP contribution in [0.2, 0.25) is 5.02 Å². The van der Waals surface area contributed by atoms with Crippen LogP contribution in [0, 0.1) is 18.8 Å². The normalized spacial score (nSPS) is 24.0. The lowest BCUT2D eigenvalue weighted by molar-refractivity contribution is 0.218. The molecule has 0 bridgehead atoms. The molecule has 0 heterocycles. The van der Waals surface area contributed by atoms with E-state index in [9.17, 15) is 0 Å². The summed E-state index contributed by atoms with van der Waals surface area (Å²) in [4.78, 5) is 0. The van der Waals surface area contributed by atoms with E-state index in [-0.39, 0.29) is 0 Å². The SMILES string of the molecule is CCCCC1CCC(C(NC)c2ccc(C)c(Cl)c2)CC1. The highest BCUT2D eigenvalue weighted by atomic mass is 35.5. The summed E-state index contributed by atoms with van der Waals surface area (Å²) in [5, 5.41) is 4.43. The van der Waals surface area contributed by atoms with Gasteiger partial charge in [-0.3, -0.25) is 0 Å². The van der Waals surface area contributed by atoms with Crippen LogP contribution in [-0.2, 0) is 0 Å². The fraction of sp³-hybridized carbons (Fsp3) is 0.684. The molecule has 1 aliphatic carbocycles. The Morgan fingerprint density at radius 3 is 2.52 bits per heavy atom. The molecule has 1 atom stereocenters. The Morgan fingerprint density at radius 2 is 1.95 bits per heavy atom. The van der Waals surface area contributed by atoms with Gasteiger partial charge in [-0.25, -0.2) is 0 Å². The van der Waals surface area contributed by atoms with E-state index in [0.717, 1.165) is 16.9 Å². The van der Waals surface area contributed by atoms with Crippen LogP contribution >= 0.6 is 11.6 Å². The molecule has 1 fully saturated rings. The molecule has 118 valence electrons. The Balaban J connectivity index is 1.97. The van der Waals surface area contributed by atoms with Crippen molar-refractivity contribution in [1.29, 1.82) is 0 Å². The summed E-state index contributed by atoms with van der Waals surface area (Å²) in [6.45, 7) is 4.36. The van der Waals surface area contributed by atoms with Gasteiger partial charge in [-0.1, -0.05) is 62.8 Å². The van der Waals surface area contributed by atoms with Crippen molar-refractivity contribution in [2.24, 2.45) is 11.8 Å². The first-order chi connectivity index (χ1) is 10.2. The van der Waals surface area contributed by atoms with E-state index < -0.39 is 0 Å². The fourth-order valence-electron chi connectivity index (χ4n) is 3.78. The van der Waals surface area contributed by atoms with Gasteiger partial charge in [-0.05, 0) is 55.8 Å². The number of hydrogen-bond donors (Lipinski definition) is 1. The van der Waals surface area contributed by atoms with Gasteiger partial charge in [0.15, 0.2) is 0 Å². The van der Waals surface area contributed by atoms with Crippen LogP contribution in [0.4, 0.5) is 0 Å². The summed E-state index contributed by atoms with van der Waals surface area (Å²) in [5.74, 6) is 1.73. The minimum atomic E-state index is 0.454. The van der Waals surface area contributed by atoms with E-state index >= 15 is 0 Å². The van der Waals surface area contributed by atoms with Gasteiger partial charge in [0.1, 0.15) is 0 Å². The highest BCUT2D eigenvalue weighted by Crippen LogP contribution is 2.39. The molecular weight excluding hydrogens is 278 g/mol. The van der Waals surface area contributed by atoms with E-state index in [1.807, 2.05) is 0 Å². The Kier molecular flexibility index (Phi) is 6.57. The van der Waals surface area contributed by atoms with Crippen LogP contribution in [0.15, 0.2) is 18.2 Å². The average molecular weight is 308 g/mol. The highest BCUT2D eigenvalue weighted by molar-refractivity contribution is 6.31. The molecule has 0 aromatic heterocycles. The first-order valence-electron chi connectivity index (χ1n) is 8.59. The van der Waals surface area contributed by atoms with Crippen LogP contribution in [-0.4, -0.2) is 7.05 Å². The minimum Gasteiger partial charge on any atom is -0.313 e. The van der Waals surface area contributed by atoms with Gasteiger partial charge < -0.3 is 5.32 Å². The topological polar surface area (TPSA) is 12.0 Å². The lowest BCUT2D eigenvalue weighted by Gasteiger charge is -2.34. The summed E-state index contributed by atoms with van der Waals surface area (Å²) in [6.07, 6.45) is 9.69. The third kappa shape index (κ3) is 4.47. The molecule has 1 aromatic rings. The molecule has 1 nitrogen and oxygen atoms in total. The largest absolute Gasteiger partial charge is 0.313 e. The summed E-state index contributed by atoms with van der Waals surface area (Å²) in [5.41, 5.74) is 2.52. The fourth-order valence-corrected chi connectivity index (χ4v) is 3.97. The number of hydrogen-bond acceptors (Lipinski definition) is 1. The van der Waals surface area contributed by atoms with E-state index in [0.29, 0.717) is 6.04 Å². The smallest absolute Gasteiger partial charge is 0.0438 e. The van der Waals surface area contributed by atoms with Crippen molar-refractivity contribution in [2.45, 2.75) is 64.8 Å². The van der Waals surface area contributed by atoms with Crippen molar-refractivity contribution in [1.82, 2.24) is 5.32 Å². The molecule has 1 aliphatic rings. The van der Waals surface area contributed by atoms with Gasteiger partial charge in [0.05, 0.1) is 0 Å². The van der Waals surface area contributed by atoms with E-state index in [1.54, 1.807) is 0 Å². The van der Waals surface area contributed by atoms with Gasteiger partial charge in [0.2, 0.25) is 0 Å². The monoisotopic (exact) mass is 307 g/mol. The quantitative estimate of drug-likeness (QED) is 0.689. The van der Waals surface area contributed by atoms with Crippen molar-refractivity contribution in [2.75, 3.05) is 7.05 Å². The standard InChI is InChI=1S/C19H30ClN/c1-4-5-6-15-8-11-16(12-9-15)19(21-3)17-10-7-14(2)18(20)13-17/h7,10,13,15-16,19,21H,4-6,8-9,11-12H2,1-3H3. The molecule has 1 N–H and O–H groups in total. The molecule has 0 spiro atoms. The molecule has 0 radical (unpaired) electrons. The molecule has 1 unspecified atom stereocenters. The molecule has 21 heavy (non-hydrogen) atoms. The predicted octanol–water partition coefficient (Wildman–Crippen LogP) is 5.91. The Bertz CT molecular complexity index is 435. The third-order valence-electron chi connectivity index (χ3n) is 5.19. The number of halogens is 1. The maximum Gasteiger partial charge on any atom is 0.0438 e. The molecule has 0 amide bonds. The van der Waals surface area contributed by atoms with Gasteiger partial charge in [0.25, 0.3) is 0 Å². The Morgan fingerprint density at radius 1 is 1.24 bits per heavy atom. The third-order valence-corrected chi connectivity index (χ3v) is 5.60. The Labute approximate surface area is 135 Å². The molecule has 2 rings (SSSR count). The van der Waals surface area contributed by atoms with Crippen molar-refractivity contribution >= 4 is 11.6 Å². The van der Waals surface area contributed by atoms with Crippen LogP contribution < -0.4 is 5.32 Å². The summed E-state index contributed by atoms with van der Waals surface area (Å²) in [7, 11) is 2.08.